The largest absolute Gasteiger partial charge is 0.364 e. The summed E-state index contributed by atoms with van der Waals surface area (Å²) in [6.45, 7) is 8.06. The molecule has 1 spiro atoms. The van der Waals surface area contributed by atoms with Crippen LogP contribution in [0.4, 0.5) is 0 Å². The maximum atomic E-state index is 12.6. The Morgan fingerprint density at radius 3 is 2.84 bits per heavy atom. The van der Waals surface area contributed by atoms with Crippen molar-refractivity contribution in [1.29, 1.82) is 0 Å². The molecule has 1 fully saturated rings. The number of piperidine rings is 1. The van der Waals surface area contributed by atoms with Gasteiger partial charge in [-0.25, -0.2) is 4.98 Å². The van der Waals surface area contributed by atoms with Crippen molar-refractivity contribution >= 4 is 5.91 Å². The Balaban J connectivity index is 1.57. The Kier molecular flexibility index (Phi) is 4.11. The van der Waals surface area contributed by atoms with Gasteiger partial charge in [0.25, 0.3) is 5.91 Å². The van der Waals surface area contributed by atoms with Gasteiger partial charge in [-0.2, -0.15) is 0 Å². The SMILES string of the molecule is CC(C)CN1CCc2[nH]cnc2C12CCN(C(=O)c1ccon1)CC2. The Hall–Kier alpha value is -2.15. The predicted molar refractivity (Wildman–Crippen MR) is 92.0 cm³/mol. The second-order valence-electron chi connectivity index (χ2n) is 7.53. The standard InChI is InChI=1S/C18H25N5O2/c1-13(2)11-23-7-3-14-16(20-12-19-14)18(23)5-8-22(9-6-18)17(24)15-4-10-25-21-15/h4,10,12-13H,3,5-9,11H2,1-2H3,(H,19,20). The summed E-state index contributed by atoms with van der Waals surface area (Å²) >= 11 is 0. The lowest BCUT2D eigenvalue weighted by molar-refractivity contribution is 0.000362. The Labute approximate surface area is 147 Å². The zero-order chi connectivity index (χ0) is 17.4. The van der Waals surface area contributed by atoms with Crippen LogP contribution in [0.5, 0.6) is 0 Å². The fourth-order valence-electron chi connectivity index (χ4n) is 4.35. The molecule has 25 heavy (non-hydrogen) atoms. The number of nitrogens with zero attached hydrogens (tertiary/aromatic N) is 4. The molecule has 4 rings (SSSR count). The lowest BCUT2D eigenvalue weighted by Gasteiger charge is -2.51. The van der Waals surface area contributed by atoms with Crippen molar-refractivity contribution in [3.63, 3.8) is 0 Å². The minimum absolute atomic E-state index is 0.0444. The van der Waals surface area contributed by atoms with E-state index in [4.69, 9.17) is 4.52 Å². The van der Waals surface area contributed by atoms with E-state index in [9.17, 15) is 4.79 Å². The highest BCUT2D eigenvalue weighted by molar-refractivity contribution is 5.92. The molecule has 0 saturated carbocycles. The van der Waals surface area contributed by atoms with Gasteiger partial charge in [0.2, 0.25) is 0 Å². The normalized spacial score (nSPS) is 20.2. The van der Waals surface area contributed by atoms with Gasteiger partial charge in [-0.3, -0.25) is 9.69 Å². The van der Waals surface area contributed by atoms with Crippen LogP contribution in [0.25, 0.3) is 0 Å². The fraction of sp³-hybridized carbons (Fsp3) is 0.611. The van der Waals surface area contributed by atoms with E-state index in [1.54, 1.807) is 6.07 Å². The number of hydrogen-bond donors (Lipinski definition) is 1. The van der Waals surface area contributed by atoms with E-state index >= 15 is 0 Å². The zero-order valence-electron chi connectivity index (χ0n) is 14.9. The topological polar surface area (TPSA) is 78.3 Å². The lowest BCUT2D eigenvalue weighted by atomic mass is 9.78. The monoisotopic (exact) mass is 343 g/mol. The van der Waals surface area contributed by atoms with E-state index in [0.717, 1.165) is 32.4 Å². The van der Waals surface area contributed by atoms with Gasteiger partial charge in [0.15, 0.2) is 5.69 Å². The highest BCUT2D eigenvalue weighted by Crippen LogP contribution is 2.42. The summed E-state index contributed by atoms with van der Waals surface area (Å²) in [5, 5.41) is 3.78. The minimum atomic E-state index is -0.0571. The van der Waals surface area contributed by atoms with E-state index in [0.29, 0.717) is 24.7 Å². The van der Waals surface area contributed by atoms with Gasteiger partial charge in [-0.05, 0) is 18.8 Å². The first-order chi connectivity index (χ1) is 12.1. The third-order valence-corrected chi connectivity index (χ3v) is 5.52. The van der Waals surface area contributed by atoms with Crippen molar-refractivity contribution < 1.29 is 9.32 Å². The van der Waals surface area contributed by atoms with Gasteiger partial charge >= 0.3 is 0 Å². The number of nitrogens with one attached hydrogen (secondary N) is 1. The minimum Gasteiger partial charge on any atom is -0.364 e. The summed E-state index contributed by atoms with van der Waals surface area (Å²) in [4.78, 5) is 25.0. The fourth-order valence-corrected chi connectivity index (χ4v) is 4.35. The van der Waals surface area contributed by atoms with Crippen LogP contribution in [0.2, 0.25) is 0 Å². The van der Waals surface area contributed by atoms with Crippen LogP contribution in [-0.4, -0.2) is 57.0 Å². The van der Waals surface area contributed by atoms with Crippen molar-refractivity contribution in [2.45, 2.75) is 38.6 Å². The third kappa shape index (κ3) is 2.76. The lowest BCUT2D eigenvalue weighted by Crippen LogP contribution is -2.57. The summed E-state index contributed by atoms with van der Waals surface area (Å²) in [7, 11) is 0. The number of likely N-dealkylation sites (tertiary alicyclic amines) is 1. The van der Waals surface area contributed by atoms with E-state index in [-0.39, 0.29) is 11.4 Å². The molecule has 2 aromatic heterocycles. The van der Waals surface area contributed by atoms with Crippen molar-refractivity contribution in [2.24, 2.45) is 5.92 Å². The van der Waals surface area contributed by atoms with E-state index in [2.05, 4.69) is 33.9 Å². The Morgan fingerprint density at radius 1 is 1.36 bits per heavy atom. The highest BCUT2D eigenvalue weighted by atomic mass is 16.5. The molecule has 0 bridgehead atoms. The van der Waals surface area contributed by atoms with Crippen molar-refractivity contribution in [3.8, 4) is 0 Å². The van der Waals surface area contributed by atoms with Crippen LogP contribution >= 0.6 is 0 Å². The Morgan fingerprint density at radius 2 is 2.16 bits per heavy atom. The maximum absolute atomic E-state index is 12.6. The van der Waals surface area contributed by atoms with Gasteiger partial charge in [0.1, 0.15) is 6.26 Å². The number of aromatic nitrogens is 3. The molecule has 0 atom stereocenters. The van der Waals surface area contributed by atoms with Crippen LogP contribution in [0.15, 0.2) is 23.2 Å². The van der Waals surface area contributed by atoms with Crippen LogP contribution < -0.4 is 0 Å². The average molecular weight is 343 g/mol. The number of hydrogen-bond acceptors (Lipinski definition) is 5. The van der Waals surface area contributed by atoms with E-state index in [1.807, 2.05) is 11.2 Å². The van der Waals surface area contributed by atoms with Gasteiger partial charge < -0.3 is 14.4 Å². The van der Waals surface area contributed by atoms with Gasteiger partial charge in [0.05, 0.1) is 17.6 Å². The number of aromatic amines is 1. The summed E-state index contributed by atoms with van der Waals surface area (Å²) in [5.41, 5.74) is 2.78. The van der Waals surface area contributed by atoms with Crippen molar-refractivity contribution in [2.75, 3.05) is 26.2 Å². The molecule has 0 radical (unpaired) electrons. The van der Waals surface area contributed by atoms with Crippen LogP contribution in [0.1, 0.15) is 48.6 Å². The first-order valence-corrected chi connectivity index (χ1v) is 9.07. The van der Waals surface area contributed by atoms with E-state index < -0.39 is 0 Å². The molecule has 1 saturated heterocycles. The highest BCUT2D eigenvalue weighted by Gasteiger charge is 2.47. The second-order valence-corrected chi connectivity index (χ2v) is 7.53. The predicted octanol–water partition coefficient (Wildman–Crippen LogP) is 2.04. The number of fused-ring (bicyclic) bond motifs is 2. The summed E-state index contributed by atoms with van der Waals surface area (Å²) < 4.78 is 4.81. The molecule has 7 heteroatoms. The van der Waals surface area contributed by atoms with Crippen molar-refractivity contribution in [1.82, 2.24) is 24.9 Å². The molecule has 0 aliphatic carbocycles. The molecule has 2 aliphatic rings. The van der Waals surface area contributed by atoms with E-state index in [1.165, 1.54) is 17.7 Å². The van der Waals surface area contributed by atoms with Crippen molar-refractivity contribution in [3.05, 3.63) is 35.7 Å². The molecule has 2 aromatic rings. The quantitative estimate of drug-likeness (QED) is 0.923. The zero-order valence-corrected chi connectivity index (χ0v) is 14.9. The maximum Gasteiger partial charge on any atom is 0.276 e. The summed E-state index contributed by atoms with van der Waals surface area (Å²) in [6.07, 6.45) is 6.09. The molecule has 2 aliphatic heterocycles. The molecule has 4 heterocycles. The third-order valence-electron chi connectivity index (χ3n) is 5.52. The van der Waals surface area contributed by atoms with Crippen LogP contribution in [-0.2, 0) is 12.0 Å². The van der Waals surface area contributed by atoms with Crippen LogP contribution in [0, 0.1) is 5.92 Å². The summed E-state index contributed by atoms with van der Waals surface area (Å²) in [5.74, 6) is 0.559. The number of carbonyl (C=O) groups is 1. The second kappa shape index (κ2) is 6.29. The molecule has 1 N–H and O–H groups in total. The summed E-state index contributed by atoms with van der Waals surface area (Å²) in [6, 6.07) is 1.63. The smallest absolute Gasteiger partial charge is 0.276 e. The Bertz CT molecular complexity index is 728. The first-order valence-electron chi connectivity index (χ1n) is 9.07. The van der Waals surface area contributed by atoms with Gasteiger partial charge in [-0.15, -0.1) is 0 Å². The number of H-pyrrole nitrogens is 1. The molecule has 7 nitrogen and oxygen atoms in total. The molecule has 134 valence electrons. The number of rotatable bonds is 3. The molecule has 1 amide bonds. The van der Waals surface area contributed by atoms with Gasteiger partial charge in [0, 0.05) is 44.4 Å². The van der Waals surface area contributed by atoms with Gasteiger partial charge in [-0.1, -0.05) is 19.0 Å². The molecule has 0 aromatic carbocycles. The molecular weight excluding hydrogens is 318 g/mol. The average Bonchev–Trinajstić information content (AvgIpc) is 3.29. The first kappa shape index (κ1) is 16.3. The number of carbonyl (C=O) groups excluding carboxylic acids is 1. The molecule has 0 unspecified atom stereocenters. The number of amides is 1. The van der Waals surface area contributed by atoms with Crippen LogP contribution in [0.3, 0.4) is 0 Å². The number of imidazole rings is 1. The molecular formula is C18H25N5O2.